The Morgan fingerprint density at radius 1 is 0.941 bits per heavy atom. The molecule has 17 heavy (non-hydrogen) atoms. The Labute approximate surface area is 108 Å². The molecule has 0 radical (unpaired) electrons. The molecule has 0 bridgehead atoms. The average Bonchev–Trinajstić information content (AvgIpc) is 3.01. The first-order chi connectivity index (χ1) is 8.36. The Hall–Kier alpha value is 0.0900. The van der Waals surface area contributed by atoms with Crippen molar-refractivity contribution in [2.75, 3.05) is 26.2 Å². The Bertz CT molecular complexity index is 237. The van der Waals surface area contributed by atoms with Gasteiger partial charge in [0.15, 0.2) is 0 Å². The topological polar surface area (TPSA) is 6.48 Å². The van der Waals surface area contributed by atoms with E-state index in [0.717, 1.165) is 0 Å². The molecule has 0 unspecified atom stereocenters. The first kappa shape index (κ1) is 13.5. The van der Waals surface area contributed by atoms with Crippen LogP contribution in [-0.4, -0.2) is 35.5 Å². The summed E-state index contributed by atoms with van der Waals surface area (Å²) in [6.45, 7) is 9.96. The van der Waals surface area contributed by atoms with Gasteiger partial charge >= 0.3 is 0 Å². The highest BCUT2D eigenvalue weighted by atomic mass is 31.1. The molecule has 0 aromatic heterocycles. The molecule has 0 aliphatic carbocycles. The molecule has 0 atom stereocenters. The highest BCUT2D eigenvalue weighted by Crippen LogP contribution is 2.55. The minimum atomic E-state index is -0.105. The van der Waals surface area contributed by atoms with E-state index in [1.54, 1.807) is 5.31 Å². The molecule has 98 valence electrons. The van der Waals surface area contributed by atoms with E-state index in [1.807, 2.05) is 0 Å². The van der Waals surface area contributed by atoms with Gasteiger partial charge < -0.3 is 0 Å². The van der Waals surface area contributed by atoms with Gasteiger partial charge in [-0.2, -0.15) is 0 Å². The lowest BCUT2D eigenvalue weighted by Crippen LogP contribution is -2.25. The summed E-state index contributed by atoms with van der Waals surface area (Å²) in [6, 6.07) is 0. The lowest BCUT2D eigenvalue weighted by Gasteiger charge is -2.36. The quantitative estimate of drug-likeness (QED) is 0.679. The second kappa shape index (κ2) is 6.87. The van der Waals surface area contributed by atoms with Crippen molar-refractivity contribution >= 4 is 8.22 Å². The maximum Gasteiger partial charge on any atom is 0.0678 e. The number of hydrogen-bond donors (Lipinski definition) is 0. The van der Waals surface area contributed by atoms with Crippen LogP contribution in [0.2, 0.25) is 0 Å². The lowest BCUT2D eigenvalue weighted by atomic mass is 10.3. The SMILES string of the molecule is CCC=C(CC)P(N1CCCC1)N1CCCC1. The predicted molar refractivity (Wildman–Crippen MR) is 77.2 cm³/mol. The molecule has 2 aliphatic heterocycles. The Balaban J connectivity index is 2.12. The molecule has 3 heteroatoms. The van der Waals surface area contributed by atoms with E-state index in [0.29, 0.717) is 0 Å². The average molecular weight is 254 g/mol. The summed E-state index contributed by atoms with van der Waals surface area (Å²) >= 11 is 0. The van der Waals surface area contributed by atoms with Gasteiger partial charge in [-0.25, -0.2) is 0 Å². The monoisotopic (exact) mass is 254 g/mol. The van der Waals surface area contributed by atoms with Crippen LogP contribution in [-0.2, 0) is 0 Å². The van der Waals surface area contributed by atoms with E-state index >= 15 is 0 Å². The van der Waals surface area contributed by atoms with Crippen LogP contribution in [0.5, 0.6) is 0 Å². The van der Waals surface area contributed by atoms with E-state index in [2.05, 4.69) is 29.3 Å². The number of nitrogens with zero attached hydrogens (tertiary/aromatic N) is 2. The van der Waals surface area contributed by atoms with Gasteiger partial charge in [-0.15, -0.1) is 0 Å². The molecular weight excluding hydrogens is 227 g/mol. The molecule has 2 rings (SSSR count). The molecule has 0 spiro atoms. The largest absolute Gasteiger partial charge is 0.267 e. The first-order valence-electron chi connectivity index (χ1n) is 7.35. The van der Waals surface area contributed by atoms with Gasteiger partial charge in [0, 0.05) is 26.2 Å². The minimum Gasteiger partial charge on any atom is -0.267 e. The fraction of sp³-hybridized carbons (Fsp3) is 0.857. The van der Waals surface area contributed by atoms with Crippen molar-refractivity contribution in [1.29, 1.82) is 0 Å². The van der Waals surface area contributed by atoms with E-state index in [4.69, 9.17) is 0 Å². The van der Waals surface area contributed by atoms with Crippen LogP contribution in [0.1, 0.15) is 52.4 Å². The number of rotatable bonds is 5. The molecule has 2 fully saturated rings. The van der Waals surface area contributed by atoms with Crippen molar-refractivity contribution in [2.24, 2.45) is 0 Å². The normalized spacial score (nSPS) is 24.1. The highest BCUT2D eigenvalue weighted by molar-refractivity contribution is 7.57. The van der Waals surface area contributed by atoms with Crippen LogP contribution in [0.4, 0.5) is 0 Å². The zero-order valence-corrected chi connectivity index (χ0v) is 12.4. The van der Waals surface area contributed by atoms with Crippen LogP contribution in [0.25, 0.3) is 0 Å². The summed E-state index contributed by atoms with van der Waals surface area (Å²) in [5.74, 6) is 0. The van der Waals surface area contributed by atoms with Crippen LogP contribution < -0.4 is 0 Å². The van der Waals surface area contributed by atoms with Gasteiger partial charge in [0.25, 0.3) is 0 Å². The van der Waals surface area contributed by atoms with Crippen molar-refractivity contribution in [2.45, 2.75) is 52.4 Å². The van der Waals surface area contributed by atoms with E-state index in [9.17, 15) is 0 Å². The molecule has 2 nitrogen and oxygen atoms in total. The second-order valence-corrected chi connectivity index (χ2v) is 7.35. The Kier molecular flexibility index (Phi) is 5.47. The standard InChI is InChI=1S/C14H27N2P/c1-3-9-14(4-2)17(15-10-5-6-11-15)16-12-7-8-13-16/h9H,3-8,10-13H2,1-2H3. The molecule has 2 aliphatic rings. The Morgan fingerprint density at radius 3 is 1.76 bits per heavy atom. The van der Waals surface area contributed by atoms with Crippen molar-refractivity contribution in [1.82, 2.24) is 9.34 Å². The zero-order chi connectivity index (χ0) is 12.1. The molecule has 0 saturated carbocycles. The maximum atomic E-state index is 2.78. The number of hydrogen-bond acceptors (Lipinski definition) is 2. The zero-order valence-electron chi connectivity index (χ0n) is 11.5. The first-order valence-corrected chi connectivity index (χ1v) is 8.60. The molecular formula is C14H27N2P. The summed E-state index contributed by atoms with van der Waals surface area (Å²) in [6.07, 6.45) is 10.6. The van der Waals surface area contributed by atoms with Crippen LogP contribution in [0.15, 0.2) is 11.4 Å². The van der Waals surface area contributed by atoms with Gasteiger partial charge in [0.05, 0.1) is 8.22 Å². The summed E-state index contributed by atoms with van der Waals surface area (Å²) in [5, 5.41) is 1.73. The summed E-state index contributed by atoms with van der Waals surface area (Å²) < 4.78 is 5.57. The molecule has 0 N–H and O–H groups in total. The minimum absolute atomic E-state index is 0.105. The van der Waals surface area contributed by atoms with Gasteiger partial charge in [-0.1, -0.05) is 19.9 Å². The smallest absolute Gasteiger partial charge is 0.0678 e. The molecule has 2 heterocycles. The van der Waals surface area contributed by atoms with Crippen LogP contribution in [0.3, 0.4) is 0 Å². The third kappa shape index (κ3) is 3.30. The van der Waals surface area contributed by atoms with Gasteiger partial charge in [-0.05, 0) is 43.8 Å². The fourth-order valence-electron chi connectivity index (χ4n) is 2.92. The van der Waals surface area contributed by atoms with E-state index in [1.165, 1.54) is 64.7 Å². The van der Waals surface area contributed by atoms with Gasteiger partial charge in [0.1, 0.15) is 0 Å². The van der Waals surface area contributed by atoms with Crippen molar-refractivity contribution in [3.63, 3.8) is 0 Å². The van der Waals surface area contributed by atoms with Gasteiger partial charge in [0.2, 0.25) is 0 Å². The summed E-state index contributed by atoms with van der Waals surface area (Å²) in [5.41, 5.74) is 0. The van der Waals surface area contributed by atoms with Crippen molar-refractivity contribution < 1.29 is 0 Å². The Morgan fingerprint density at radius 2 is 1.41 bits per heavy atom. The summed E-state index contributed by atoms with van der Waals surface area (Å²) in [4.78, 5) is 0. The van der Waals surface area contributed by atoms with Crippen LogP contribution >= 0.6 is 8.22 Å². The van der Waals surface area contributed by atoms with Crippen molar-refractivity contribution in [3.8, 4) is 0 Å². The highest BCUT2D eigenvalue weighted by Gasteiger charge is 2.31. The molecule has 0 aromatic carbocycles. The van der Waals surface area contributed by atoms with E-state index < -0.39 is 0 Å². The fourth-order valence-corrected chi connectivity index (χ4v) is 5.96. The third-order valence-corrected chi connectivity index (χ3v) is 6.64. The van der Waals surface area contributed by atoms with Crippen molar-refractivity contribution in [3.05, 3.63) is 11.4 Å². The molecule has 0 aromatic rings. The lowest BCUT2D eigenvalue weighted by molar-refractivity contribution is 0.478. The van der Waals surface area contributed by atoms with E-state index in [-0.39, 0.29) is 8.22 Å². The number of allylic oxidation sites excluding steroid dienone is 2. The second-order valence-electron chi connectivity index (χ2n) is 5.07. The van der Waals surface area contributed by atoms with Crippen LogP contribution in [0, 0.1) is 0 Å². The maximum absolute atomic E-state index is 2.78. The molecule has 0 amide bonds. The summed E-state index contributed by atoms with van der Waals surface area (Å²) in [7, 11) is -0.105. The third-order valence-electron chi connectivity index (χ3n) is 3.76. The van der Waals surface area contributed by atoms with Gasteiger partial charge in [-0.3, -0.25) is 9.34 Å². The predicted octanol–water partition coefficient (Wildman–Crippen LogP) is 4.19. The molecule has 2 saturated heterocycles.